The van der Waals surface area contributed by atoms with Crippen LogP contribution in [0.2, 0.25) is 0 Å². The Morgan fingerprint density at radius 1 is 1.21 bits per heavy atom. The molecular formula is C15H20N2OS. The summed E-state index contributed by atoms with van der Waals surface area (Å²) in [6, 6.07) is 1.50. The Balaban J connectivity index is 1.62. The van der Waals surface area contributed by atoms with Crippen LogP contribution in [0.15, 0.2) is 0 Å². The number of hydrogen-bond acceptors (Lipinski definition) is 4. The average Bonchev–Trinajstić information content (AvgIpc) is 2.89. The lowest BCUT2D eigenvalue weighted by Crippen LogP contribution is -2.39. The third-order valence-electron chi connectivity index (χ3n) is 5.23. The van der Waals surface area contributed by atoms with Crippen molar-refractivity contribution in [2.75, 3.05) is 7.05 Å². The van der Waals surface area contributed by atoms with Crippen LogP contribution < -0.4 is 0 Å². The first-order chi connectivity index (χ1) is 9.22. The fourth-order valence-electron chi connectivity index (χ4n) is 4.08. The van der Waals surface area contributed by atoms with Crippen molar-refractivity contribution in [3.8, 4) is 0 Å². The lowest BCUT2D eigenvalue weighted by Gasteiger charge is -2.35. The molecule has 0 N–H and O–H groups in total. The first-order valence-electron chi connectivity index (χ1n) is 7.47. The molecule has 2 saturated heterocycles. The molecule has 3 nitrogen and oxygen atoms in total. The van der Waals surface area contributed by atoms with Crippen LogP contribution >= 0.6 is 11.3 Å². The van der Waals surface area contributed by atoms with Crippen molar-refractivity contribution in [3.05, 3.63) is 15.6 Å². The summed E-state index contributed by atoms with van der Waals surface area (Å²) in [6.07, 6.45) is 7.92. The molecule has 1 aromatic heterocycles. The van der Waals surface area contributed by atoms with Gasteiger partial charge in [-0.2, -0.15) is 0 Å². The maximum atomic E-state index is 11.9. The number of ketones is 1. The molecule has 1 aromatic rings. The highest BCUT2D eigenvalue weighted by molar-refractivity contribution is 7.14. The summed E-state index contributed by atoms with van der Waals surface area (Å²) < 4.78 is 0. The first-order valence-corrected chi connectivity index (χ1v) is 8.28. The summed E-state index contributed by atoms with van der Waals surface area (Å²) in [7, 11) is 2.27. The van der Waals surface area contributed by atoms with Crippen LogP contribution in [0.4, 0.5) is 0 Å². The molecule has 2 aliphatic heterocycles. The minimum absolute atomic E-state index is 0.334. The minimum atomic E-state index is 0.334. The largest absolute Gasteiger partial charge is 0.300 e. The van der Waals surface area contributed by atoms with E-state index in [0.29, 0.717) is 11.7 Å². The molecule has 0 radical (unpaired) electrons. The summed E-state index contributed by atoms with van der Waals surface area (Å²) >= 11 is 1.70. The van der Waals surface area contributed by atoms with Gasteiger partial charge in [0.15, 0.2) is 5.78 Å². The smallest absolute Gasteiger partial charge is 0.174 e. The minimum Gasteiger partial charge on any atom is -0.300 e. The van der Waals surface area contributed by atoms with Crippen LogP contribution in [-0.2, 0) is 6.42 Å². The number of carbonyl (C=O) groups is 1. The van der Waals surface area contributed by atoms with Gasteiger partial charge in [-0.15, -0.1) is 11.3 Å². The molecule has 1 aliphatic carbocycles. The highest BCUT2D eigenvalue weighted by Gasteiger charge is 2.40. The molecule has 4 heteroatoms. The van der Waals surface area contributed by atoms with Crippen molar-refractivity contribution in [2.45, 2.75) is 62.9 Å². The van der Waals surface area contributed by atoms with Crippen LogP contribution in [0.3, 0.4) is 0 Å². The quantitative estimate of drug-likeness (QED) is 0.790. The average molecular weight is 276 g/mol. The topological polar surface area (TPSA) is 33.2 Å². The molecule has 3 heterocycles. The fourth-order valence-corrected chi connectivity index (χ4v) is 5.28. The molecular weight excluding hydrogens is 256 g/mol. The van der Waals surface area contributed by atoms with Gasteiger partial charge in [-0.05, 0) is 45.6 Å². The molecule has 2 atom stereocenters. The molecule has 102 valence electrons. The summed E-state index contributed by atoms with van der Waals surface area (Å²) in [5, 5.41) is 1.25. The highest BCUT2D eigenvalue weighted by atomic mass is 32.1. The number of aromatic nitrogens is 1. The second-order valence-electron chi connectivity index (χ2n) is 6.32. The number of carbonyl (C=O) groups excluding carboxylic acids is 1. The van der Waals surface area contributed by atoms with Gasteiger partial charge in [0.1, 0.15) is 0 Å². The maximum Gasteiger partial charge on any atom is 0.174 e. The van der Waals surface area contributed by atoms with Gasteiger partial charge in [0.25, 0.3) is 0 Å². The van der Waals surface area contributed by atoms with Gasteiger partial charge in [0.2, 0.25) is 0 Å². The van der Waals surface area contributed by atoms with Gasteiger partial charge < -0.3 is 4.90 Å². The number of piperidine rings is 1. The predicted octanol–water partition coefficient (Wildman–Crippen LogP) is 3.00. The number of hydrogen-bond donors (Lipinski definition) is 0. The van der Waals surface area contributed by atoms with Crippen molar-refractivity contribution in [1.82, 2.24) is 9.88 Å². The van der Waals surface area contributed by atoms with Gasteiger partial charge in [0.05, 0.1) is 15.6 Å². The Hall–Kier alpha value is -0.740. The lowest BCUT2D eigenvalue weighted by atomic mass is 9.91. The van der Waals surface area contributed by atoms with Crippen molar-refractivity contribution in [1.29, 1.82) is 0 Å². The molecule has 2 fully saturated rings. The highest BCUT2D eigenvalue weighted by Crippen LogP contribution is 2.44. The third kappa shape index (κ3) is 1.88. The molecule has 3 aliphatic rings. The SMILES string of the molecule is CN1C2CCC1CC(c1nc3c(s1)C(=O)CCC3)C2. The Bertz CT molecular complexity index is 510. The van der Waals surface area contributed by atoms with E-state index in [1.54, 1.807) is 11.3 Å². The standard InChI is InChI=1S/C15H20N2OS/c1-17-10-5-6-11(17)8-9(7-10)15-16-12-3-2-4-13(18)14(12)19-15/h9-11H,2-8H2,1H3. The number of aryl methyl sites for hydroxylation is 1. The molecule has 4 rings (SSSR count). The van der Waals surface area contributed by atoms with E-state index in [-0.39, 0.29) is 0 Å². The molecule has 19 heavy (non-hydrogen) atoms. The van der Waals surface area contributed by atoms with E-state index < -0.39 is 0 Å². The number of nitrogens with zero attached hydrogens (tertiary/aromatic N) is 2. The Morgan fingerprint density at radius 3 is 2.63 bits per heavy atom. The summed E-state index contributed by atoms with van der Waals surface area (Å²) in [6.45, 7) is 0. The van der Waals surface area contributed by atoms with Crippen LogP contribution in [0.1, 0.15) is 64.8 Å². The zero-order valence-corrected chi connectivity index (χ0v) is 12.2. The Labute approximate surface area is 118 Å². The number of rotatable bonds is 1. The number of Topliss-reactive ketones (excluding diaryl/α,β-unsaturated/α-hetero) is 1. The van der Waals surface area contributed by atoms with E-state index in [4.69, 9.17) is 4.98 Å². The van der Waals surface area contributed by atoms with Gasteiger partial charge in [-0.3, -0.25) is 4.79 Å². The second kappa shape index (κ2) is 4.38. The fraction of sp³-hybridized carbons (Fsp3) is 0.733. The zero-order chi connectivity index (χ0) is 13.0. The first kappa shape index (κ1) is 12.0. The van der Waals surface area contributed by atoms with E-state index in [1.807, 2.05) is 0 Å². The van der Waals surface area contributed by atoms with E-state index >= 15 is 0 Å². The van der Waals surface area contributed by atoms with Gasteiger partial charge in [-0.25, -0.2) is 4.98 Å². The summed E-state index contributed by atoms with van der Waals surface area (Å²) in [4.78, 5) is 20.3. The normalized spacial score (nSPS) is 34.6. The van der Waals surface area contributed by atoms with Crippen LogP contribution in [0.5, 0.6) is 0 Å². The van der Waals surface area contributed by atoms with Crippen molar-refractivity contribution in [3.63, 3.8) is 0 Å². The summed E-state index contributed by atoms with van der Waals surface area (Å²) in [5.41, 5.74) is 1.10. The van der Waals surface area contributed by atoms with E-state index in [2.05, 4.69) is 11.9 Å². The van der Waals surface area contributed by atoms with E-state index in [1.165, 1.54) is 30.7 Å². The van der Waals surface area contributed by atoms with Crippen molar-refractivity contribution >= 4 is 17.1 Å². The molecule has 2 bridgehead atoms. The Morgan fingerprint density at radius 2 is 1.95 bits per heavy atom. The van der Waals surface area contributed by atoms with Gasteiger partial charge in [0, 0.05) is 24.4 Å². The van der Waals surface area contributed by atoms with Crippen LogP contribution in [0.25, 0.3) is 0 Å². The number of fused-ring (bicyclic) bond motifs is 3. The molecule has 0 aromatic carbocycles. The monoisotopic (exact) mass is 276 g/mol. The van der Waals surface area contributed by atoms with Gasteiger partial charge >= 0.3 is 0 Å². The molecule has 0 amide bonds. The van der Waals surface area contributed by atoms with Crippen LogP contribution in [0, 0.1) is 0 Å². The third-order valence-corrected chi connectivity index (χ3v) is 6.53. The van der Waals surface area contributed by atoms with E-state index in [9.17, 15) is 4.79 Å². The molecule has 2 unspecified atom stereocenters. The second-order valence-corrected chi connectivity index (χ2v) is 7.35. The maximum absolute atomic E-state index is 11.9. The zero-order valence-electron chi connectivity index (χ0n) is 11.4. The predicted molar refractivity (Wildman–Crippen MR) is 75.9 cm³/mol. The summed E-state index contributed by atoms with van der Waals surface area (Å²) in [5.74, 6) is 0.943. The van der Waals surface area contributed by atoms with Crippen LogP contribution in [-0.4, -0.2) is 34.8 Å². The van der Waals surface area contributed by atoms with Gasteiger partial charge in [-0.1, -0.05) is 0 Å². The Kier molecular flexibility index (Phi) is 2.78. The van der Waals surface area contributed by atoms with Crippen molar-refractivity contribution < 1.29 is 4.79 Å². The molecule has 0 saturated carbocycles. The lowest BCUT2D eigenvalue weighted by molar-refractivity contribution is 0.0976. The number of thiazole rings is 1. The van der Waals surface area contributed by atoms with E-state index in [0.717, 1.165) is 41.9 Å². The van der Waals surface area contributed by atoms with Crippen molar-refractivity contribution in [2.24, 2.45) is 0 Å². The molecule has 0 spiro atoms.